The Morgan fingerprint density at radius 1 is 1.15 bits per heavy atom. The van der Waals surface area contributed by atoms with Crippen LogP contribution in [0.3, 0.4) is 0 Å². The number of rotatable bonds is 4. The van der Waals surface area contributed by atoms with Crippen LogP contribution in [0.5, 0.6) is 5.75 Å². The van der Waals surface area contributed by atoms with Crippen molar-refractivity contribution in [2.24, 2.45) is 0 Å². The van der Waals surface area contributed by atoms with Crippen LogP contribution >= 0.6 is 0 Å². The molecule has 2 aromatic rings. The molecule has 2 heteroatoms. The first-order valence-electron chi connectivity index (χ1n) is 7.29. The highest BCUT2D eigenvalue weighted by molar-refractivity contribution is 5.41. The van der Waals surface area contributed by atoms with E-state index in [1.54, 1.807) is 0 Å². The minimum Gasteiger partial charge on any atom is -0.493 e. The number of fused-ring (bicyclic) bond motifs is 1. The molecular weight excluding hydrogens is 248 g/mol. The van der Waals surface area contributed by atoms with E-state index in [1.165, 1.54) is 11.1 Å². The maximum Gasteiger partial charge on any atom is 0.125 e. The lowest BCUT2D eigenvalue weighted by Crippen LogP contribution is -2.10. The van der Waals surface area contributed by atoms with Crippen molar-refractivity contribution < 1.29 is 9.84 Å². The molecule has 104 valence electrons. The van der Waals surface area contributed by atoms with Crippen LogP contribution in [0.4, 0.5) is 0 Å². The Bertz CT molecular complexity index is 591. The highest BCUT2D eigenvalue weighted by atomic mass is 16.5. The maximum absolute atomic E-state index is 10.8. The number of hydrogen-bond acceptors (Lipinski definition) is 2. The molecule has 1 aliphatic carbocycles. The largest absolute Gasteiger partial charge is 0.493 e. The highest BCUT2D eigenvalue weighted by Gasteiger charge is 2.30. The zero-order chi connectivity index (χ0) is 13.9. The van der Waals surface area contributed by atoms with Gasteiger partial charge in [-0.05, 0) is 37.0 Å². The second-order valence-electron chi connectivity index (χ2n) is 5.26. The summed E-state index contributed by atoms with van der Waals surface area (Å²) in [5.41, 5.74) is 3.55. The molecule has 0 spiro atoms. The van der Waals surface area contributed by atoms with E-state index in [9.17, 15) is 5.11 Å². The predicted octanol–water partition coefficient (Wildman–Crippen LogP) is 3.85. The van der Waals surface area contributed by atoms with Crippen molar-refractivity contribution in [2.45, 2.75) is 31.8 Å². The zero-order valence-corrected chi connectivity index (χ0v) is 11.8. The summed E-state index contributed by atoms with van der Waals surface area (Å²) in [5, 5.41) is 10.8. The number of benzene rings is 2. The summed E-state index contributed by atoms with van der Waals surface area (Å²) in [6.07, 6.45) is 1.55. The van der Waals surface area contributed by atoms with Gasteiger partial charge in [-0.2, -0.15) is 0 Å². The van der Waals surface area contributed by atoms with Crippen molar-refractivity contribution in [1.29, 1.82) is 0 Å². The van der Waals surface area contributed by atoms with E-state index in [0.717, 1.165) is 24.2 Å². The molecule has 0 heterocycles. The first kappa shape index (κ1) is 13.2. The van der Waals surface area contributed by atoms with Gasteiger partial charge in [0, 0.05) is 11.5 Å². The summed E-state index contributed by atoms with van der Waals surface area (Å²) in [6.45, 7) is 2.58. The van der Waals surface area contributed by atoms with E-state index in [1.807, 2.05) is 31.2 Å². The molecule has 3 rings (SSSR count). The van der Waals surface area contributed by atoms with Crippen LogP contribution in [0.15, 0.2) is 48.5 Å². The minimum absolute atomic E-state index is 0.174. The van der Waals surface area contributed by atoms with Gasteiger partial charge in [0.1, 0.15) is 5.75 Å². The van der Waals surface area contributed by atoms with Gasteiger partial charge in [-0.1, -0.05) is 42.5 Å². The average molecular weight is 268 g/mol. The number of hydrogen-bond donors (Lipinski definition) is 1. The molecule has 0 saturated heterocycles. The molecule has 1 N–H and O–H groups in total. The molecule has 0 radical (unpaired) electrons. The Morgan fingerprint density at radius 3 is 2.75 bits per heavy atom. The molecule has 2 atom stereocenters. The maximum atomic E-state index is 10.8. The van der Waals surface area contributed by atoms with Crippen molar-refractivity contribution >= 4 is 0 Å². The quantitative estimate of drug-likeness (QED) is 0.912. The summed E-state index contributed by atoms with van der Waals surface area (Å²) < 4.78 is 5.65. The number of para-hydroxylation sites is 1. The van der Waals surface area contributed by atoms with E-state index in [4.69, 9.17) is 4.74 Å². The molecule has 0 bridgehead atoms. The lowest BCUT2D eigenvalue weighted by molar-refractivity contribution is 0.140. The second kappa shape index (κ2) is 5.68. The Kier molecular flexibility index (Phi) is 3.75. The highest BCUT2D eigenvalue weighted by Crippen LogP contribution is 2.43. The third-order valence-corrected chi connectivity index (χ3v) is 4.10. The lowest BCUT2D eigenvalue weighted by atomic mass is 9.90. The molecule has 0 fully saturated rings. The molecular formula is C18H20O2. The molecule has 2 nitrogen and oxygen atoms in total. The van der Waals surface area contributed by atoms with E-state index >= 15 is 0 Å². The van der Waals surface area contributed by atoms with Crippen molar-refractivity contribution in [1.82, 2.24) is 0 Å². The Balaban J connectivity index is 1.92. The molecule has 2 aromatic carbocycles. The number of aryl methyl sites for hydroxylation is 1. The zero-order valence-electron chi connectivity index (χ0n) is 11.8. The number of ether oxygens (including phenoxy) is 1. The van der Waals surface area contributed by atoms with E-state index in [0.29, 0.717) is 6.61 Å². The van der Waals surface area contributed by atoms with Gasteiger partial charge in [-0.25, -0.2) is 0 Å². The first-order chi connectivity index (χ1) is 9.81. The Morgan fingerprint density at radius 2 is 1.90 bits per heavy atom. The van der Waals surface area contributed by atoms with Gasteiger partial charge >= 0.3 is 0 Å². The van der Waals surface area contributed by atoms with Crippen LogP contribution in [-0.4, -0.2) is 11.7 Å². The van der Waals surface area contributed by atoms with Gasteiger partial charge in [0.15, 0.2) is 0 Å². The van der Waals surface area contributed by atoms with Crippen LogP contribution in [-0.2, 0) is 6.42 Å². The van der Waals surface area contributed by atoms with Gasteiger partial charge in [0.25, 0.3) is 0 Å². The summed E-state index contributed by atoms with van der Waals surface area (Å²) in [4.78, 5) is 0. The summed E-state index contributed by atoms with van der Waals surface area (Å²) >= 11 is 0. The fraction of sp³-hybridized carbons (Fsp3) is 0.333. The first-order valence-corrected chi connectivity index (χ1v) is 7.29. The van der Waals surface area contributed by atoms with Crippen molar-refractivity contribution in [3.05, 3.63) is 65.2 Å². The minimum atomic E-state index is -0.499. The molecule has 0 aromatic heterocycles. The van der Waals surface area contributed by atoms with Crippen LogP contribution in [0, 0.1) is 0 Å². The molecule has 2 unspecified atom stereocenters. The molecule has 0 amide bonds. The van der Waals surface area contributed by atoms with E-state index in [2.05, 4.69) is 24.3 Å². The predicted molar refractivity (Wildman–Crippen MR) is 80.1 cm³/mol. The summed E-state index contributed by atoms with van der Waals surface area (Å²) in [5.74, 6) is 0.972. The van der Waals surface area contributed by atoms with Crippen LogP contribution in [0.1, 0.15) is 42.1 Å². The number of aliphatic hydroxyl groups is 1. The SMILES string of the molecule is CCOc1ccccc1C(O)C1CCc2ccccc21. The van der Waals surface area contributed by atoms with Gasteiger partial charge < -0.3 is 9.84 Å². The van der Waals surface area contributed by atoms with Gasteiger partial charge in [0.05, 0.1) is 12.7 Å². The third kappa shape index (κ3) is 2.32. The van der Waals surface area contributed by atoms with Crippen LogP contribution < -0.4 is 4.74 Å². The van der Waals surface area contributed by atoms with Gasteiger partial charge in [-0.15, -0.1) is 0 Å². The average Bonchev–Trinajstić information content (AvgIpc) is 2.91. The molecule has 1 aliphatic rings. The Labute approximate surface area is 120 Å². The third-order valence-electron chi connectivity index (χ3n) is 4.10. The molecule has 0 saturated carbocycles. The number of aliphatic hydroxyl groups excluding tert-OH is 1. The smallest absolute Gasteiger partial charge is 0.125 e. The fourth-order valence-electron chi connectivity index (χ4n) is 3.15. The lowest BCUT2D eigenvalue weighted by Gasteiger charge is -2.22. The van der Waals surface area contributed by atoms with Crippen molar-refractivity contribution in [2.75, 3.05) is 6.61 Å². The molecule has 0 aliphatic heterocycles. The monoisotopic (exact) mass is 268 g/mol. The van der Waals surface area contributed by atoms with Gasteiger partial charge in [0.2, 0.25) is 0 Å². The fourth-order valence-corrected chi connectivity index (χ4v) is 3.15. The Hall–Kier alpha value is -1.80. The van der Waals surface area contributed by atoms with E-state index < -0.39 is 6.10 Å². The topological polar surface area (TPSA) is 29.5 Å². The molecule has 20 heavy (non-hydrogen) atoms. The summed E-state index contributed by atoms with van der Waals surface area (Å²) in [7, 11) is 0. The summed E-state index contributed by atoms with van der Waals surface area (Å²) in [6, 6.07) is 16.2. The van der Waals surface area contributed by atoms with Crippen molar-refractivity contribution in [3.63, 3.8) is 0 Å². The van der Waals surface area contributed by atoms with E-state index in [-0.39, 0.29) is 5.92 Å². The van der Waals surface area contributed by atoms with Crippen LogP contribution in [0.2, 0.25) is 0 Å². The van der Waals surface area contributed by atoms with Crippen LogP contribution in [0.25, 0.3) is 0 Å². The second-order valence-corrected chi connectivity index (χ2v) is 5.26. The normalized spacial score (nSPS) is 18.6. The standard InChI is InChI=1S/C18H20O2/c1-2-20-17-10-6-5-9-16(17)18(19)15-12-11-13-7-3-4-8-14(13)15/h3-10,15,18-19H,2,11-12H2,1H3. The van der Waals surface area contributed by atoms with Gasteiger partial charge in [-0.3, -0.25) is 0 Å². The van der Waals surface area contributed by atoms with Crippen molar-refractivity contribution in [3.8, 4) is 5.75 Å².